The minimum Gasteiger partial charge on any atom is -0.342 e. The lowest BCUT2D eigenvalue weighted by Crippen LogP contribution is -2.34. The third-order valence-corrected chi connectivity index (χ3v) is 5.40. The van der Waals surface area contributed by atoms with Crippen molar-refractivity contribution in [2.75, 3.05) is 5.32 Å². The number of H-pyrrole nitrogens is 1. The van der Waals surface area contributed by atoms with Gasteiger partial charge in [-0.25, -0.2) is 4.39 Å². The van der Waals surface area contributed by atoms with E-state index in [-0.39, 0.29) is 29.0 Å². The number of anilines is 1. The van der Waals surface area contributed by atoms with Gasteiger partial charge in [-0.05, 0) is 42.0 Å². The van der Waals surface area contributed by atoms with Crippen molar-refractivity contribution in [1.29, 1.82) is 0 Å². The maximum atomic E-state index is 13.6. The molecule has 28 heavy (non-hydrogen) atoms. The zero-order chi connectivity index (χ0) is 20.4. The van der Waals surface area contributed by atoms with Gasteiger partial charge in [-0.2, -0.15) is 18.3 Å². The van der Waals surface area contributed by atoms with Crippen LogP contribution >= 0.6 is 0 Å². The number of alkyl halides is 3. The van der Waals surface area contributed by atoms with Crippen molar-refractivity contribution in [3.05, 3.63) is 57.7 Å². The van der Waals surface area contributed by atoms with Crippen LogP contribution in [0.3, 0.4) is 0 Å². The van der Waals surface area contributed by atoms with Crippen LogP contribution in [0.2, 0.25) is 0 Å². The molecule has 148 valence electrons. The molecular formula is C20H19F4N3O. The molecule has 2 aliphatic rings. The van der Waals surface area contributed by atoms with Crippen molar-refractivity contribution >= 4 is 11.6 Å². The van der Waals surface area contributed by atoms with E-state index in [1.807, 2.05) is 13.8 Å². The van der Waals surface area contributed by atoms with Gasteiger partial charge in [-0.3, -0.25) is 9.89 Å². The molecule has 2 N–H and O–H groups in total. The van der Waals surface area contributed by atoms with Crippen LogP contribution in [0.4, 0.5) is 23.4 Å². The molecule has 1 unspecified atom stereocenters. The minimum absolute atomic E-state index is 0.0605. The van der Waals surface area contributed by atoms with Gasteiger partial charge in [0.25, 0.3) is 0 Å². The minimum atomic E-state index is -4.66. The highest BCUT2D eigenvalue weighted by molar-refractivity contribution is 6.01. The van der Waals surface area contributed by atoms with Crippen molar-refractivity contribution in [3.8, 4) is 0 Å². The summed E-state index contributed by atoms with van der Waals surface area (Å²) in [5.74, 6) is -1.58. The van der Waals surface area contributed by atoms with Gasteiger partial charge < -0.3 is 5.32 Å². The fourth-order valence-corrected chi connectivity index (χ4v) is 4.29. The van der Waals surface area contributed by atoms with E-state index in [4.69, 9.17) is 0 Å². The van der Waals surface area contributed by atoms with Crippen molar-refractivity contribution < 1.29 is 22.4 Å². The van der Waals surface area contributed by atoms with Crippen LogP contribution in [0.5, 0.6) is 0 Å². The van der Waals surface area contributed by atoms with E-state index in [1.54, 1.807) is 6.92 Å². The largest absolute Gasteiger partial charge is 0.433 e. The number of carbonyl (C=O) groups is 1. The molecule has 1 aromatic carbocycles. The third-order valence-electron chi connectivity index (χ3n) is 5.40. The lowest BCUT2D eigenvalue weighted by molar-refractivity contribution is -0.142. The molecular weight excluding hydrogens is 374 g/mol. The molecule has 0 spiro atoms. The summed E-state index contributed by atoms with van der Waals surface area (Å²) < 4.78 is 54.6. The molecule has 1 aromatic heterocycles. The maximum absolute atomic E-state index is 13.6. The molecule has 4 nitrogen and oxygen atoms in total. The topological polar surface area (TPSA) is 57.8 Å². The van der Waals surface area contributed by atoms with Crippen LogP contribution in [0, 0.1) is 18.2 Å². The van der Waals surface area contributed by atoms with Crippen molar-refractivity contribution in [1.82, 2.24) is 10.2 Å². The highest BCUT2D eigenvalue weighted by atomic mass is 19.4. The molecule has 0 fully saturated rings. The van der Waals surface area contributed by atoms with Gasteiger partial charge in [0.2, 0.25) is 0 Å². The fourth-order valence-electron chi connectivity index (χ4n) is 4.29. The number of Topliss-reactive ketones (excluding diaryl/α,β-unsaturated/α-hetero) is 1. The Morgan fingerprint density at radius 2 is 1.93 bits per heavy atom. The Bertz CT molecular complexity index is 1020. The molecule has 0 amide bonds. The first kappa shape index (κ1) is 18.7. The number of benzene rings is 1. The monoisotopic (exact) mass is 393 g/mol. The van der Waals surface area contributed by atoms with E-state index in [0.29, 0.717) is 28.8 Å². The molecule has 1 atom stereocenters. The number of hydrogen-bond acceptors (Lipinski definition) is 3. The van der Waals surface area contributed by atoms with E-state index in [1.165, 1.54) is 18.2 Å². The van der Waals surface area contributed by atoms with Gasteiger partial charge in [-0.15, -0.1) is 0 Å². The molecule has 0 bridgehead atoms. The van der Waals surface area contributed by atoms with Gasteiger partial charge in [0.1, 0.15) is 11.5 Å². The Kier molecular flexibility index (Phi) is 3.96. The lowest BCUT2D eigenvalue weighted by atomic mass is 9.68. The molecule has 0 saturated carbocycles. The highest BCUT2D eigenvalue weighted by Crippen LogP contribution is 2.51. The first-order chi connectivity index (χ1) is 13.0. The predicted octanol–water partition coefficient (Wildman–Crippen LogP) is 5.08. The number of ketones is 1. The third kappa shape index (κ3) is 2.91. The van der Waals surface area contributed by atoms with Gasteiger partial charge in [0.05, 0.1) is 0 Å². The molecule has 0 radical (unpaired) electrons. The molecule has 8 heteroatoms. The van der Waals surface area contributed by atoms with E-state index in [0.717, 1.165) is 0 Å². The van der Waals surface area contributed by atoms with Crippen LogP contribution in [0.15, 0.2) is 29.5 Å². The average Bonchev–Trinajstić information content (AvgIpc) is 2.96. The maximum Gasteiger partial charge on any atom is 0.433 e. The number of hydrogen-bond donors (Lipinski definition) is 2. The number of allylic oxidation sites excluding steroid dienone is 2. The molecule has 4 rings (SSSR count). The summed E-state index contributed by atoms with van der Waals surface area (Å²) in [4.78, 5) is 13.0. The van der Waals surface area contributed by atoms with Crippen molar-refractivity contribution in [3.63, 3.8) is 0 Å². The van der Waals surface area contributed by atoms with Gasteiger partial charge in [-0.1, -0.05) is 19.9 Å². The van der Waals surface area contributed by atoms with Crippen LogP contribution < -0.4 is 5.32 Å². The Labute approximate surface area is 159 Å². The second-order valence-electron chi connectivity index (χ2n) is 8.25. The number of aromatic nitrogens is 2. The average molecular weight is 393 g/mol. The zero-order valence-electron chi connectivity index (χ0n) is 15.6. The summed E-state index contributed by atoms with van der Waals surface area (Å²) in [6.45, 7) is 5.51. The molecule has 2 heterocycles. The second-order valence-corrected chi connectivity index (χ2v) is 8.25. The van der Waals surface area contributed by atoms with E-state index < -0.39 is 23.6 Å². The summed E-state index contributed by atoms with van der Waals surface area (Å²) in [6, 6.07) is 3.92. The van der Waals surface area contributed by atoms with Crippen molar-refractivity contribution in [2.45, 2.75) is 45.7 Å². The second kappa shape index (κ2) is 5.93. The first-order valence-electron chi connectivity index (χ1n) is 8.93. The first-order valence-corrected chi connectivity index (χ1v) is 8.93. The Hall–Kier alpha value is -2.64. The smallest absolute Gasteiger partial charge is 0.342 e. The Morgan fingerprint density at radius 3 is 2.57 bits per heavy atom. The molecule has 1 aliphatic heterocycles. The summed E-state index contributed by atoms with van der Waals surface area (Å²) in [6.07, 6.45) is -3.92. The van der Waals surface area contributed by atoms with Gasteiger partial charge in [0, 0.05) is 29.2 Å². The molecule has 0 saturated heterocycles. The van der Waals surface area contributed by atoms with Crippen LogP contribution in [-0.4, -0.2) is 16.0 Å². The number of halogens is 4. The SMILES string of the molecule is Cc1cc(F)ccc1C1C2=C(CC(C)(C)CC2=O)Nc2n[nH]c(C(F)(F)F)c21. The number of aryl methyl sites for hydroxylation is 1. The van der Waals surface area contributed by atoms with E-state index in [9.17, 15) is 22.4 Å². The Balaban J connectivity index is 2.00. The number of aromatic amines is 1. The summed E-state index contributed by atoms with van der Waals surface area (Å²) in [7, 11) is 0. The van der Waals surface area contributed by atoms with E-state index >= 15 is 0 Å². The predicted molar refractivity (Wildman–Crippen MR) is 95.2 cm³/mol. The summed E-state index contributed by atoms with van der Waals surface area (Å²) >= 11 is 0. The van der Waals surface area contributed by atoms with Gasteiger partial charge >= 0.3 is 6.18 Å². The van der Waals surface area contributed by atoms with Crippen LogP contribution in [0.25, 0.3) is 0 Å². The number of carbonyl (C=O) groups excluding carboxylic acids is 1. The summed E-state index contributed by atoms with van der Waals surface area (Å²) in [5, 5.41) is 8.87. The fraction of sp³-hybridized carbons (Fsp3) is 0.400. The highest BCUT2D eigenvalue weighted by Gasteiger charge is 2.47. The van der Waals surface area contributed by atoms with Gasteiger partial charge in [0.15, 0.2) is 11.6 Å². The Morgan fingerprint density at radius 1 is 1.21 bits per heavy atom. The number of nitrogens with one attached hydrogen (secondary N) is 2. The van der Waals surface area contributed by atoms with Crippen molar-refractivity contribution in [2.24, 2.45) is 5.41 Å². The van der Waals surface area contributed by atoms with E-state index in [2.05, 4.69) is 15.5 Å². The quantitative estimate of drug-likeness (QED) is 0.665. The normalized spacial score (nSPS) is 21.2. The van der Waals surface area contributed by atoms with Crippen LogP contribution in [0.1, 0.15) is 55.0 Å². The number of rotatable bonds is 1. The number of nitrogens with zero attached hydrogens (tertiary/aromatic N) is 1. The number of fused-ring (bicyclic) bond motifs is 1. The summed E-state index contributed by atoms with van der Waals surface area (Å²) in [5.41, 5.74) is 0.428. The lowest BCUT2D eigenvalue weighted by Gasteiger charge is -2.38. The van der Waals surface area contributed by atoms with Crippen LogP contribution in [-0.2, 0) is 11.0 Å². The molecule has 2 aromatic rings. The zero-order valence-corrected chi connectivity index (χ0v) is 15.6. The standard InChI is InChI=1S/C20H19F4N3O/c1-9-6-10(21)4-5-11(9)14-15-12(7-19(2,3)8-13(15)28)25-18-16(14)17(26-27-18)20(22,23)24/h4-6,14H,7-8H2,1-3H3,(H2,25,26,27). The molecule has 1 aliphatic carbocycles.